The van der Waals surface area contributed by atoms with Crippen molar-refractivity contribution in [2.45, 2.75) is 6.54 Å². The highest BCUT2D eigenvalue weighted by Crippen LogP contribution is 2.36. The Morgan fingerprint density at radius 1 is 1.20 bits per heavy atom. The highest BCUT2D eigenvalue weighted by Gasteiger charge is 2.19. The Labute approximate surface area is 199 Å². The molecule has 0 bridgehead atoms. The van der Waals surface area contributed by atoms with E-state index < -0.39 is 4.92 Å². The molecule has 1 aromatic heterocycles. The molecule has 0 saturated heterocycles. The average Bonchev–Trinajstić information content (AvgIpc) is 3.18. The number of nitrogen functional groups attached to an aromatic ring is 1. The largest absolute Gasteiger partial charge is 0.493 e. The quantitative estimate of drug-likeness (QED) is 0.280. The van der Waals surface area contributed by atoms with E-state index in [0.29, 0.717) is 5.56 Å². The number of anilines is 1. The number of aliphatic hydroxyl groups is 1. The summed E-state index contributed by atoms with van der Waals surface area (Å²) in [6.45, 7) is -0.185. The Morgan fingerprint density at radius 3 is 2.54 bits per heavy atom. The van der Waals surface area contributed by atoms with Gasteiger partial charge in [-0.3, -0.25) is 10.1 Å². The number of nitro benzene ring substituents is 1. The third-order valence-electron chi connectivity index (χ3n) is 4.80. The molecule has 35 heavy (non-hydrogen) atoms. The maximum Gasteiger partial charge on any atom is 0.271 e. The summed E-state index contributed by atoms with van der Waals surface area (Å²) in [6.07, 6.45) is 1.48. The van der Waals surface area contributed by atoms with Crippen LogP contribution in [-0.4, -0.2) is 33.5 Å². The van der Waals surface area contributed by atoms with Gasteiger partial charge in [0.05, 0.1) is 30.8 Å². The summed E-state index contributed by atoms with van der Waals surface area (Å²) in [5.74, 6) is 0.614. The Hall–Kier alpha value is -5.38. The Bertz CT molecular complexity index is 1450. The molecule has 12 heteroatoms. The van der Waals surface area contributed by atoms with Gasteiger partial charge in [0.2, 0.25) is 0 Å². The van der Waals surface area contributed by atoms with Crippen molar-refractivity contribution >= 4 is 23.2 Å². The second-order valence-corrected chi connectivity index (χ2v) is 6.90. The van der Waals surface area contributed by atoms with Gasteiger partial charge in [-0.1, -0.05) is 6.07 Å². The predicted octanol–water partition coefficient (Wildman–Crippen LogP) is 2.97. The number of aromatic nitrogens is 2. The first-order valence-electron chi connectivity index (χ1n) is 9.90. The number of hydrogen-bond acceptors (Lipinski definition) is 10. The van der Waals surface area contributed by atoms with E-state index in [0.717, 1.165) is 6.07 Å². The summed E-state index contributed by atoms with van der Waals surface area (Å²) in [6, 6.07) is 14.1. The third-order valence-corrected chi connectivity index (χ3v) is 4.80. The number of aliphatic hydroxyl groups excluding tert-OH is 1. The molecule has 2 aromatic carbocycles. The standard InChI is InChI=1S/C23H17N7O5/c1-34-21-9-14(8-16(12-25)22-18(13-26)23(27)29(28-22)6-7-31)2-4-20(21)35-19-5-3-17(30(32)33)10-15(19)11-24/h2-5,8-10,31H,6-7,27H2,1H3. The molecular formula is C23H17N7O5. The van der Waals surface area contributed by atoms with Crippen LogP contribution in [0.2, 0.25) is 0 Å². The summed E-state index contributed by atoms with van der Waals surface area (Å²) >= 11 is 0. The molecule has 0 aliphatic heterocycles. The van der Waals surface area contributed by atoms with Crippen LogP contribution in [0.5, 0.6) is 17.2 Å². The maximum absolute atomic E-state index is 11.0. The zero-order chi connectivity index (χ0) is 25.5. The predicted molar refractivity (Wildman–Crippen MR) is 123 cm³/mol. The molecule has 0 spiro atoms. The first-order chi connectivity index (χ1) is 16.9. The first-order valence-corrected chi connectivity index (χ1v) is 9.90. The molecule has 0 unspecified atom stereocenters. The van der Waals surface area contributed by atoms with Gasteiger partial charge in [0.15, 0.2) is 11.5 Å². The zero-order valence-electron chi connectivity index (χ0n) is 18.3. The van der Waals surface area contributed by atoms with E-state index in [1.54, 1.807) is 12.1 Å². The van der Waals surface area contributed by atoms with Crippen molar-refractivity contribution in [1.29, 1.82) is 15.8 Å². The van der Waals surface area contributed by atoms with Crippen LogP contribution >= 0.6 is 0 Å². The van der Waals surface area contributed by atoms with E-state index in [9.17, 15) is 25.9 Å². The number of nitriles is 3. The first kappa shape index (κ1) is 24.3. The van der Waals surface area contributed by atoms with E-state index in [1.807, 2.05) is 18.2 Å². The molecule has 3 N–H and O–H groups in total. The van der Waals surface area contributed by atoms with Crippen LogP contribution in [0.1, 0.15) is 22.4 Å². The molecule has 0 radical (unpaired) electrons. The van der Waals surface area contributed by atoms with E-state index in [2.05, 4.69) is 5.10 Å². The maximum atomic E-state index is 11.0. The number of allylic oxidation sites excluding steroid dienone is 1. The number of non-ortho nitro benzene ring substituents is 1. The number of nitrogens with zero attached hydrogens (tertiary/aromatic N) is 6. The molecule has 0 aliphatic carbocycles. The van der Waals surface area contributed by atoms with Gasteiger partial charge in [-0.05, 0) is 29.8 Å². The lowest BCUT2D eigenvalue weighted by atomic mass is 10.1. The number of nitrogens with two attached hydrogens (primary N) is 1. The molecular weight excluding hydrogens is 454 g/mol. The van der Waals surface area contributed by atoms with Crippen molar-refractivity contribution < 1.29 is 19.5 Å². The number of methoxy groups -OCH3 is 1. The second kappa shape index (κ2) is 10.5. The lowest BCUT2D eigenvalue weighted by Gasteiger charge is -2.12. The Morgan fingerprint density at radius 2 is 1.94 bits per heavy atom. The van der Waals surface area contributed by atoms with Gasteiger partial charge in [0, 0.05) is 12.1 Å². The molecule has 0 aliphatic rings. The number of benzene rings is 2. The molecule has 3 aromatic rings. The van der Waals surface area contributed by atoms with Gasteiger partial charge in [-0.15, -0.1) is 0 Å². The van der Waals surface area contributed by atoms with E-state index in [-0.39, 0.29) is 64.3 Å². The minimum Gasteiger partial charge on any atom is -0.493 e. The third kappa shape index (κ3) is 5.01. The van der Waals surface area contributed by atoms with Crippen LogP contribution in [0, 0.1) is 44.1 Å². The molecule has 1 heterocycles. The van der Waals surface area contributed by atoms with Crippen LogP contribution in [0.3, 0.4) is 0 Å². The monoisotopic (exact) mass is 471 g/mol. The van der Waals surface area contributed by atoms with Crippen molar-refractivity contribution in [3.05, 3.63) is 68.9 Å². The van der Waals surface area contributed by atoms with E-state index >= 15 is 0 Å². The van der Waals surface area contributed by atoms with Crippen LogP contribution in [0.15, 0.2) is 36.4 Å². The summed E-state index contributed by atoms with van der Waals surface area (Å²) in [5.41, 5.74) is 6.29. The molecule has 0 atom stereocenters. The van der Waals surface area contributed by atoms with Crippen molar-refractivity contribution in [3.63, 3.8) is 0 Å². The van der Waals surface area contributed by atoms with Crippen LogP contribution in [0.25, 0.3) is 11.6 Å². The smallest absolute Gasteiger partial charge is 0.271 e. The number of ether oxygens (including phenoxy) is 2. The van der Waals surface area contributed by atoms with Gasteiger partial charge < -0.3 is 20.3 Å². The van der Waals surface area contributed by atoms with E-state index in [1.165, 1.54) is 36.1 Å². The molecule has 174 valence electrons. The summed E-state index contributed by atoms with van der Waals surface area (Å²) in [7, 11) is 1.40. The summed E-state index contributed by atoms with van der Waals surface area (Å²) in [5, 5.41) is 52.8. The van der Waals surface area contributed by atoms with Crippen molar-refractivity contribution in [2.75, 3.05) is 19.5 Å². The minimum absolute atomic E-state index is 0.0142. The fraction of sp³-hybridized carbons (Fsp3) is 0.130. The van der Waals surface area contributed by atoms with Crippen LogP contribution < -0.4 is 15.2 Å². The normalized spacial score (nSPS) is 10.7. The number of hydrogen-bond donors (Lipinski definition) is 2. The van der Waals surface area contributed by atoms with Crippen LogP contribution in [-0.2, 0) is 6.54 Å². The number of nitro groups is 1. The minimum atomic E-state index is -0.614. The second-order valence-electron chi connectivity index (χ2n) is 6.90. The molecule has 0 amide bonds. The van der Waals surface area contributed by atoms with Crippen molar-refractivity contribution in [3.8, 4) is 35.5 Å². The highest BCUT2D eigenvalue weighted by molar-refractivity contribution is 5.91. The number of rotatable bonds is 8. The fourth-order valence-electron chi connectivity index (χ4n) is 3.14. The van der Waals surface area contributed by atoms with Gasteiger partial charge in [-0.25, -0.2) is 4.68 Å². The van der Waals surface area contributed by atoms with Gasteiger partial charge in [0.1, 0.15) is 46.6 Å². The molecule has 0 fully saturated rings. The van der Waals surface area contributed by atoms with Gasteiger partial charge >= 0.3 is 0 Å². The SMILES string of the molecule is COc1cc(C=C(C#N)c2nn(CCO)c(N)c2C#N)ccc1Oc1ccc([N+](=O)[O-])cc1C#N. The fourth-order valence-corrected chi connectivity index (χ4v) is 3.14. The topological polar surface area (TPSA) is 197 Å². The van der Waals surface area contributed by atoms with Crippen molar-refractivity contribution in [1.82, 2.24) is 9.78 Å². The van der Waals surface area contributed by atoms with E-state index in [4.69, 9.17) is 20.3 Å². The highest BCUT2D eigenvalue weighted by atomic mass is 16.6. The lowest BCUT2D eigenvalue weighted by Crippen LogP contribution is -2.07. The van der Waals surface area contributed by atoms with Crippen LogP contribution in [0.4, 0.5) is 11.5 Å². The van der Waals surface area contributed by atoms with Gasteiger partial charge in [0.25, 0.3) is 5.69 Å². The lowest BCUT2D eigenvalue weighted by molar-refractivity contribution is -0.384. The molecule has 12 nitrogen and oxygen atoms in total. The molecule has 0 saturated carbocycles. The molecule has 3 rings (SSSR count). The van der Waals surface area contributed by atoms with Crippen molar-refractivity contribution in [2.24, 2.45) is 0 Å². The zero-order valence-corrected chi connectivity index (χ0v) is 18.3. The summed E-state index contributed by atoms with van der Waals surface area (Å²) < 4.78 is 12.4. The van der Waals surface area contributed by atoms with Gasteiger partial charge in [-0.2, -0.15) is 20.9 Å². The Kier molecular flexibility index (Phi) is 7.27. The summed E-state index contributed by atoms with van der Waals surface area (Å²) in [4.78, 5) is 10.3. The average molecular weight is 471 g/mol. The Balaban J connectivity index is 1.99.